The molecular weight excluding hydrogens is 216 g/mol. The maximum absolute atomic E-state index is 12.0. The van der Waals surface area contributed by atoms with Crippen LogP contribution < -0.4 is 16.8 Å². The zero-order valence-corrected chi connectivity index (χ0v) is 9.94. The van der Waals surface area contributed by atoms with Crippen molar-refractivity contribution in [3.8, 4) is 0 Å². The number of nitrogens with one attached hydrogen (secondary N) is 1. The lowest BCUT2D eigenvalue weighted by Crippen LogP contribution is -2.36. The molecule has 1 aromatic carbocycles. The second-order valence-electron chi connectivity index (χ2n) is 4.57. The van der Waals surface area contributed by atoms with E-state index in [9.17, 15) is 4.79 Å². The first-order chi connectivity index (χ1) is 8.06. The highest BCUT2D eigenvalue weighted by Crippen LogP contribution is 2.16. The Hall–Kier alpha value is -1.75. The van der Waals surface area contributed by atoms with Gasteiger partial charge in [0.05, 0.1) is 5.56 Å². The third-order valence-corrected chi connectivity index (χ3v) is 3.05. The van der Waals surface area contributed by atoms with Gasteiger partial charge < -0.3 is 21.7 Å². The number of nitrogen functional groups attached to an aromatic ring is 2. The van der Waals surface area contributed by atoms with E-state index in [4.69, 9.17) is 11.5 Å². The Balaban J connectivity index is 2.04. The van der Waals surface area contributed by atoms with Crippen LogP contribution in [-0.4, -0.2) is 37.0 Å². The third kappa shape index (κ3) is 2.68. The Morgan fingerprint density at radius 3 is 2.82 bits per heavy atom. The minimum absolute atomic E-state index is 0.122. The third-order valence-electron chi connectivity index (χ3n) is 3.05. The van der Waals surface area contributed by atoms with Crippen LogP contribution >= 0.6 is 0 Å². The van der Waals surface area contributed by atoms with Crippen molar-refractivity contribution in [2.45, 2.75) is 12.5 Å². The molecule has 1 aromatic rings. The standard InChI is InChI=1S/C12H18N4O/c1-16-5-4-9(7-16)15-12(17)10-3-2-8(13)6-11(10)14/h2-3,6,9H,4-5,7,13-14H2,1H3,(H,15,17). The van der Waals surface area contributed by atoms with Gasteiger partial charge in [0.2, 0.25) is 0 Å². The number of carbonyl (C=O) groups is 1. The van der Waals surface area contributed by atoms with Crippen molar-refractivity contribution in [1.82, 2.24) is 10.2 Å². The van der Waals surface area contributed by atoms with Crippen molar-refractivity contribution in [1.29, 1.82) is 0 Å². The molecule has 5 N–H and O–H groups in total. The number of likely N-dealkylation sites (tertiary alicyclic amines) is 1. The number of hydrogen-bond donors (Lipinski definition) is 3. The summed E-state index contributed by atoms with van der Waals surface area (Å²) in [7, 11) is 2.05. The maximum atomic E-state index is 12.0. The molecular formula is C12H18N4O. The number of nitrogens with zero attached hydrogens (tertiary/aromatic N) is 1. The van der Waals surface area contributed by atoms with E-state index >= 15 is 0 Å². The highest BCUT2D eigenvalue weighted by Gasteiger charge is 2.22. The summed E-state index contributed by atoms with van der Waals surface area (Å²) in [6.07, 6.45) is 0.983. The van der Waals surface area contributed by atoms with Crippen LogP contribution in [-0.2, 0) is 0 Å². The molecule has 0 saturated carbocycles. The summed E-state index contributed by atoms with van der Waals surface area (Å²) in [6.45, 7) is 1.91. The van der Waals surface area contributed by atoms with Gasteiger partial charge in [-0.1, -0.05) is 0 Å². The quantitative estimate of drug-likeness (QED) is 0.642. The van der Waals surface area contributed by atoms with Gasteiger partial charge in [0.25, 0.3) is 5.91 Å². The minimum Gasteiger partial charge on any atom is -0.399 e. The van der Waals surface area contributed by atoms with Crippen LogP contribution in [0.4, 0.5) is 11.4 Å². The average Bonchev–Trinajstić information content (AvgIpc) is 2.63. The number of anilines is 2. The Kier molecular flexibility index (Phi) is 3.19. The average molecular weight is 234 g/mol. The molecule has 1 unspecified atom stereocenters. The van der Waals surface area contributed by atoms with Gasteiger partial charge in [0, 0.05) is 24.0 Å². The van der Waals surface area contributed by atoms with Gasteiger partial charge in [-0.05, 0) is 38.2 Å². The number of nitrogens with two attached hydrogens (primary N) is 2. The monoisotopic (exact) mass is 234 g/mol. The van der Waals surface area contributed by atoms with E-state index in [2.05, 4.69) is 10.2 Å². The number of hydrogen-bond acceptors (Lipinski definition) is 4. The lowest BCUT2D eigenvalue weighted by Gasteiger charge is -2.14. The topological polar surface area (TPSA) is 84.4 Å². The van der Waals surface area contributed by atoms with E-state index in [1.165, 1.54) is 0 Å². The van der Waals surface area contributed by atoms with Crippen LogP contribution in [0, 0.1) is 0 Å². The summed E-state index contributed by atoms with van der Waals surface area (Å²) in [5.74, 6) is -0.122. The summed E-state index contributed by atoms with van der Waals surface area (Å²) in [5, 5.41) is 2.98. The summed E-state index contributed by atoms with van der Waals surface area (Å²) >= 11 is 0. The smallest absolute Gasteiger partial charge is 0.253 e. The molecule has 0 bridgehead atoms. The Labute approximate surface area is 101 Å². The molecule has 1 amide bonds. The van der Waals surface area contributed by atoms with E-state index in [-0.39, 0.29) is 11.9 Å². The van der Waals surface area contributed by atoms with Gasteiger partial charge in [-0.2, -0.15) is 0 Å². The van der Waals surface area contributed by atoms with E-state index in [0.29, 0.717) is 16.9 Å². The maximum Gasteiger partial charge on any atom is 0.253 e. The molecule has 2 rings (SSSR count). The summed E-state index contributed by atoms with van der Waals surface area (Å²) in [4.78, 5) is 14.2. The number of likely N-dealkylation sites (N-methyl/N-ethyl adjacent to an activating group) is 1. The highest BCUT2D eigenvalue weighted by molar-refractivity contribution is 5.99. The van der Waals surface area contributed by atoms with E-state index in [1.807, 2.05) is 7.05 Å². The molecule has 1 aliphatic rings. The van der Waals surface area contributed by atoms with Crippen LogP contribution in [0.3, 0.4) is 0 Å². The first-order valence-corrected chi connectivity index (χ1v) is 5.70. The van der Waals surface area contributed by atoms with Gasteiger partial charge >= 0.3 is 0 Å². The van der Waals surface area contributed by atoms with Crippen LogP contribution in [0.25, 0.3) is 0 Å². The molecule has 5 nitrogen and oxygen atoms in total. The molecule has 92 valence electrons. The Morgan fingerprint density at radius 2 is 2.24 bits per heavy atom. The van der Waals surface area contributed by atoms with E-state index in [0.717, 1.165) is 19.5 Å². The van der Waals surface area contributed by atoms with Crippen molar-refractivity contribution < 1.29 is 4.79 Å². The normalized spacial score (nSPS) is 20.4. The van der Waals surface area contributed by atoms with Gasteiger partial charge in [0.1, 0.15) is 0 Å². The van der Waals surface area contributed by atoms with E-state index in [1.54, 1.807) is 18.2 Å². The molecule has 0 spiro atoms. The molecule has 1 heterocycles. The summed E-state index contributed by atoms with van der Waals surface area (Å²) in [5.41, 5.74) is 12.9. The van der Waals surface area contributed by atoms with Crippen molar-refractivity contribution >= 4 is 17.3 Å². The second kappa shape index (κ2) is 4.63. The predicted octanol–water partition coefficient (Wildman–Crippen LogP) is 0.285. The molecule has 5 heteroatoms. The zero-order valence-electron chi connectivity index (χ0n) is 9.94. The first kappa shape index (κ1) is 11.7. The van der Waals surface area contributed by atoms with Crippen molar-refractivity contribution in [3.05, 3.63) is 23.8 Å². The van der Waals surface area contributed by atoms with Crippen molar-refractivity contribution in [2.75, 3.05) is 31.6 Å². The molecule has 1 saturated heterocycles. The van der Waals surface area contributed by atoms with Crippen molar-refractivity contribution in [3.63, 3.8) is 0 Å². The lowest BCUT2D eigenvalue weighted by atomic mass is 10.1. The van der Waals surface area contributed by atoms with Gasteiger partial charge in [-0.15, -0.1) is 0 Å². The number of carbonyl (C=O) groups excluding carboxylic acids is 1. The zero-order chi connectivity index (χ0) is 12.4. The van der Waals surface area contributed by atoms with Crippen molar-refractivity contribution in [2.24, 2.45) is 0 Å². The highest BCUT2D eigenvalue weighted by atomic mass is 16.1. The number of benzene rings is 1. The fraction of sp³-hybridized carbons (Fsp3) is 0.417. The molecule has 1 atom stereocenters. The fourth-order valence-electron chi connectivity index (χ4n) is 2.10. The van der Waals surface area contributed by atoms with Crippen LogP contribution in [0.2, 0.25) is 0 Å². The lowest BCUT2D eigenvalue weighted by molar-refractivity contribution is 0.0939. The summed E-state index contributed by atoms with van der Waals surface area (Å²) < 4.78 is 0. The second-order valence-corrected chi connectivity index (χ2v) is 4.57. The van der Waals surface area contributed by atoms with Crippen LogP contribution in [0.5, 0.6) is 0 Å². The Morgan fingerprint density at radius 1 is 1.47 bits per heavy atom. The SMILES string of the molecule is CN1CCC(NC(=O)c2ccc(N)cc2N)C1. The molecule has 1 fully saturated rings. The molecule has 1 aliphatic heterocycles. The minimum atomic E-state index is -0.122. The molecule has 0 radical (unpaired) electrons. The van der Waals surface area contributed by atoms with E-state index < -0.39 is 0 Å². The van der Waals surface area contributed by atoms with Gasteiger partial charge in [-0.3, -0.25) is 4.79 Å². The molecule has 0 aromatic heterocycles. The molecule has 17 heavy (non-hydrogen) atoms. The first-order valence-electron chi connectivity index (χ1n) is 5.70. The largest absolute Gasteiger partial charge is 0.399 e. The fourth-order valence-corrected chi connectivity index (χ4v) is 2.10. The number of rotatable bonds is 2. The number of amides is 1. The van der Waals surface area contributed by atoms with Crippen LogP contribution in [0.15, 0.2) is 18.2 Å². The molecule has 0 aliphatic carbocycles. The summed E-state index contributed by atoms with van der Waals surface area (Å²) in [6, 6.07) is 5.17. The Bertz CT molecular complexity index is 433. The van der Waals surface area contributed by atoms with Crippen LogP contribution in [0.1, 0.15) is 16.8 Å². The van der Waals surface area contributed by atoms with Gasteiger partial charge in [-0.25, -0.2) is 0 Å². The predicted molar refractivity (Wildman–Crippen MR) is 68.6 cm³/mol. The van der Waals surface area contributed by atoms with Gasteiger partial charge in [0.15, 0.2) is 0 Å².